The molecular formula is C28H34N2O3. The molecule has 0 saturated carbocycles. The Bertz CT molecular complexity index is 1120. The number of nitrogens with one attached hydrogen (secondary N) is 1. The molecule has 5 heteroatoms. The minimum Gasteiger partial charge on any atom is -0.545 e. The first-order valence-corrected chi connectivity index (χ1v) is 11.1. The zero-order valence-corrected chi connectivity index (χ0v) is 20.2. The third kappa shape index (κ3) is 5.88. The number of anilines is 1. The number of rotatable bonds is 8. The van der Waals surface area contributed by atoms with Crippen molar-refractivity contribution in [2.75, 3.05) is 5.32 Å². The van der Waals surface area contributed by atoms with Gasteiger partial charge in [-0.25, -0.2) is 0 Å². The fourth-order valence-electron chi connectivity index (χ4n) is 4.45. The molecule has 0 radical (unpaired) electrons. The number of hydrogen-bond donors (Lipinski definition) is 2. The van der Waals surface area contributed by atoms with Crippen LogP contribution in [-0.4, -0.2) is 11.9 Å². The highest BCUT2D eigenvalue weighted by Crippen LogP contribution is 2.28. The molecule has 1 amide bonds. The molecule has 0 aliphatic heterocycles. The van der Waals surface area contributed by atoms with Crippen LogP contribution < -0.4 is 16.6 Å². The number of carbonyl (C=O) groups excluding carboxylic acids is 2. The lowest BCUT2D eigenvalue weighted by molar-refractivity contribution is -0.255. The van der Waals surface area contributed by atoms with Crippen LogP contribution in [0.2, 0.25) is 0 Å². The van der Waals surface area contributed by atoms with Gasteiger partial charge in [0, 0.05) is 11.3 Å². The lowest BCUT2D eigenvalue weighted by Crippen LogP contribution is -2.26. The van der Waals surface area contributed by atoms with E-state index in [-0.39, 0.29) is 24.0 Å². The number of carboxylic acids is 1. The average Bonchev–Trinajstić information content (AvgIpc) is 2.77. The minimum atomic E-state index is -1.17. The quantitative estimate of drug-likeness (QED) is 0.512. The summed E-state index contributed by atoms with van der Waals surface area (Å²) in [5, 5.41) is 15.0. The second kappa shape index (κ2) is 11.4. The number of quaternary nitrogens is 1. The van der Waals surface area contributed by atoms with Crippen molar-refractivity contribution in [1.82, 2.24) is 6.15 Å². The first-order chi connectivity index (χ1) is 15.3. The van der Waals surface area contributed by atoms with Crippen LogP contribution >= 0.6 is 0 Å². The van der Waals surface area contributed by atoms with Gasteiger partial charge in [0.05, 0.1) is 12.4 Å². The van der Waals surface area contributed by atoms with Crippen molar-refractivity contribution in [1.29, 1.82) is 0 Å². The Morgan fingerprint density at radius 2 is 1.45 bits per heavy atom. The van der Waals surface area contributed by atoms with Crippen molar-refractivity contribution in [3.05, 3.63) is 99.1 Å². The van der Waals surface area contributed by atoms with E-state index in [1.165, 1.54) is 0 Å². The summed E-state index contributed by atoms with van der Waals surface area (Å²) in [6.07, 6.45) is 1.98. The molecule has 5 N–H and O–H groups in total. The van der Waals surface area contributed by atoms with Gasteiger partial charge in [-0.15, -0.1) is 0 Å². The van der Waals surface area contributed by atoms with Gasteiger partial charge in [-0.1, -0.05) is 62.4 Å². The van der Waals surface area contributed by atoms with E-state index in [0.717, 1.165) is 44.6 Å². The van der Waals surface area contributed by atoms with Crippen LogP contribution in [0.25, 0.3) is 0 Å². The summed E-state index contributed by atoms with van der Waals surface area (Å²) in [7, 11) is 0. The molecule has 3 rings (SSSR count). The first kappa shape index (κ1) is 25.8. The summed E-state index contributed by atoms with van der Waals surface area (Å²) in [5.74, 6) is -1.27. The standard InChI is InChI=1S/C28H31NO3.H3N/c1-5-22-23(6-2)25(28(31)32)16-21(15-20-13-8-7-9-14-20)24(22)17-26(30)29-27-18(3)11-10-12-19(27)4;/h7-14,16H,5-6,15,17H2,1-4H3,(H,29,30)(H,31,32);1H3. The summed E-state index contributed by atoms with van der Waals surface area (Å²) >= 11 is 0. The monoisotopic (exact) mass is 446 g/mol. The Balaban J connectivity index is 0.00000385. The van der Waals surface area contributed by atoms with Gasteiger partial charge in [-0.05, 0) is 78.1 Å². The molecule has 0 unspecified atom stereocenters. The molecule has 0 heterocycles. The molecular weight excluding hydrogens is 412 g/mol. The SMILES string of the molecule is CCc1c(C(=O)[O-])cc(Cc2ccccc2)c(CC(=O)Nc2c(C)cccc2C)c1CC.[NH4+]. The normalized spacial score (nSPS) is 10.4. The van der Waals surface area contributed by atoms with Crippen LogP contribution in [-0.2, 0) is 30.5 Å². The van der Waals surface area contributed by atoms with E-state index in [4.69, 9.17) is 0 Å². The van der Waals surface area contributed by atoms with E-state index < -0.39 is 5.97 Å². The summed E-state index contributed by atoms with van der Waals surface area (Å²) in [4.78, 5) is 25.1. The third-order valence-corrected chi connectivity index (χ3v) is 6.01. The largest absolute Gasteiger partial charge is 0.545 e. The van der Waals surface area contributed by atoms with Gasteiger partial charge >= 0.3 is 0 Å². The van der Waals surface area contributed by atoms with Crippen LogP contribution in [0.4, 0.5) is 5.69 Å². The van der Waals surface area contributed by atoms with Crippen molar-refractivity contribution >= 4 is 17.6 Å². The molecule has 0 aliphatic rings. The van der Waals surface area contributed by atoms with Gasteiger partial charge in [0.2, 0.25) is 5.91 Å². The Hall–Kier alpha value is -3.44. The van der Waals surface area contributed by atoms with E-state index in [1.807, 2.05) is 76.2 Å². The molecule has 0 aliphatic carbocycles. The van der Waals surface area contributed by atoms with E-state index in [2.05, 4.69) is 5.32 Å². The van der Waals surface area contributed by atoms with Crippen molar-refractivity contribution < 1.29 is 14.7 Å². The predicted octanol–water partition coefficient (Wildman–Crippen LogP) is 4.94. The minimum absolute atomic E-state index is 0. The van der Waals surface area contributed by atoms with Crippen molar-refractivity contribution in [3.63, 3.8) is 0 Å². The molecule has 0 atom stereocenters. The van der Waals surface area contributed by atoms with Crippen molar-refractivity contribution in [2.45, 2.75) is 53.4 Å². The fraction of sp³-hybridized carbons (Fsp3) is 0.286. The Labute approximate surface area is 196 Å². The number of aromatic carboxylic acids is 1. The maximum Gasteiger partial charge on any atom is 0.228 e. The second-order valence-electron chi connectivity index (χ2n) is 8.17. The van der Waals surface area contributed by atoms with Gasteiger partial charge in [-0.3, -0.25) is 4.79 Å². The molecule has 3 aromatic rings. The molecule has 0 fully saturated rings. The van der Waals surface area contributed by atoms with Crippen LogP contribution in [0.3, 0.4) is 0 Å². The molecule has 0 saturated heterocycles. The second-order valence-corrected chi connectivity index (χ2v) is 8.17. The molecule has 0 bridgehead atoms. The first-order valence-electron chi connectivity index (χ1n) is 11.1. The number of para-hydroxylation sites is 1. The number of aryl methyl sites for hydroxylation is 2. The van der Waals surface area contributed by atoms with Crippen molar-refractivity contribution in [2.24, 2.45) is 0 Å². The molecule has 3 aromatic carbocycles. The van der Waals surface area contributed by atoms with E-state index in [9.17, 15) is 14.7 Å². The Kier molecular flexibility index (Phi) is 8.94. The summed E-state index contributed by atoms with van der Waals surface area (Å²) in [5.41, 5.74) is 7.65. The maximum atomic E-state index is 13.1. The third-order valence-electron chi connectivity index (χ3n) is 6.01. The maximum absolute atomic E-state index is 13.1. The molecule has 0 spiro atoms. The highest BCUT2D eigenvalue weighted by atomic mass is 16.4. The van der Waals surface area contributed by atoms with Crippen LogP contribution in [0, 0.1) is 13.8 Å². The zero-order chi connectivity index (χ0) is 23.3. The molecule has 0 aromatic heterocycles. The summed E-state index contributed by atoms with van der Waals surface area (Å²) in [6, 6.07) is 17.5. The molecule has 5 nitrogen and oxygen atoms in total. The van der Waals surface area contributed by atoms with Gasteiger partial charge in [0.1, 0.15) is 0 Å². The van der Waals surface area contributed by atoms with Crippen LogP contribution in [0.1, 0.15) is 63.1 Å². The van der Waals surface area contributed by atoms with Crippen LogP contribution in [0.15, 0.2) is 54.6 Å². The molecule has 174 valence electrons. The number of amides is 1. The van der Waals surface area contributed by atoms with Crippen LogP contribution in [0.5, 0.6) is 0 Å². The Morgan fingerprint density at radius 1 is 0.848 bits per heavy atom. The lowest BCUT2D eigenvalue weighted by Gasteiger charge is -2.22. The number of carboxylic acid groups (broad SMARTS) is 1. The number of carbonyl (C=O) groups is 2. The highest BCUT2D eigenvalue weighted by molar-refractivity contribution is 5.95. The topological polar surface area (TPSA) is 106 Å². The average molecular weight is 447 g/mol. The van der Waals surface area contributed by atoms with Gasteiger partial charge in [0.25, 0.3) is 0 Å². The van der Waals surface area contributed by atoms with E-state index in [0.29, 0.717) is 19.3 Å². The smallest absolute Gasteiger partial charge is 0.228 e. The fourth-order valence-corrected chi connectivity index (χ4v) is 4.45. The number of hydrogen-bond acceptors (Lipinski definition) is 3. The number of benzene rings is 3. The predicted molar refractivity (Wildman–Crippen MR) is 133 cm³/mol. The highest BCUT2D eigenvalue weighted by Gasteiger charge is 2.20. The lowest BCUT2D eigenvalue weighted by atomic mass is 9.85. The van der Waals surface area contributed by atoms with E-state index in [1.54, 1.807) is 6.07 Å². The zero-order valence-electron chi connectivity index (χ0n) is 20.2. The van der Waals surface area contributed by atoms with Crippen molar-refractivity contribution in [3.8, 4) is 0 Å². The van der Waals surface area contributed by atoms with E-state index >= 15 is 0 Å². The molecule has 33 heavy (non-hydrogen) atoms. The van der Waals surface area contributed by atoms with Gasteiger partial charge in [-0.2, -0.15) is 0 Å². The van der Waals surface area contributed by atoms with Gasteiger partial charge < -0.3 is 21.4 Å². The summed E-state index contributed by atoms with van der Waals surface area (Å²) < 4.78 is 0. The Morgan fingerprint density at radius 3 is 2.00 bits per heavy atom. The summed E-state index contributed by atoms with van der Waals surface area (Å²) in [6.45, 7) is 7.90. The van der Waals surface area contributed by atoms with Gasteiger partial charge in [0.15, 0.2) is 0 Å².